The molecule has 2 unspecified atom stereocenters. The number of rotatable bonds is 1. The number of aliphatic hydroxyl groups excluding tert-OH is 1. The van der Waals surface area contributed by atoms with Crippen molar-refractivity contribution in [3.8, 4) is 0 Å². The number of nitrogens with one attached hydrogen (secondary N) is 1. The molecule has 0 radical (unpaired) electrons. The standard InChI is InChI=1S/C9H17NO2/c1-6-5-8(10-7(2)11)3-4-9(6)12/h6,8-9,12H,3-5H2,1-2H3,(H,10,11)/t6-,8?,9?/m1/s1. The van der Waals surface area contributed by atoms with Crippen LogP contribution in [0.15, 0.2) is 0 Å². The van der Waals surface area contributed by atoms with E-state index in [4.69, 9.17) is 0 Å². The first-order valence-electron chi connectivity index (χ1n) is 4.54. The normalized spacial score (nSPS) is 36.1. The fraction of sp³-hybridized carbons (Fsp3) is 0.889. The molecule has 0 aromatic heterocycles. The van der Waals surface area contributed by atoms with Gasteiger partial charge in [-0.05, 0) is 25.2 Å². The van der Waals surface area contributed by atoms with Crippen LogP contribution in [0, 0.1) is 5.92 Å². The number of carbonyl (C=O) groups is 1. The first-order chi connectivity index (χ1) is 5.59. The lowest BCUT2D eigenvalue weighted by Gasteiger charge is -2.31. The van der Waals surface area contributed by atoms with E-state index in [1.807, 2.05) is 6.92 Å². The second-order valence-electron chi connectivity index (χ2n) is 3.76. The van der Waals surface area contributed by atoms with Crippen molar-refractivity contribution in [2.24, 2.45) is 5.92 Å². The Hall–Kier alpha value is -0.570. The van der Waals surface area contributed by atoms with E-state index in [2.05, 4.69) is 5.32 Å². The largest absolute Gasteiger partial charge is 0.393 e. The van der Waals surface area contributed by atoms with E-state index in [-0.39, 0.29) is 18.1 Å². The van der Waals surface area contributed by atoms with Crippen LogP contribution in [-0.2, 0) is 4.79 Å². The molecule has 70 valence electrons. The molecule has 1 rings (SSSR count). The quantitative estimate of drug-likeness (QED) is 0.609. The van der Waals surface area contributed by atoms with Gasteiger partial charge in [0, 0.05) is 13.0 Å². The summed E-state index contributed by atoms with van der Waals surface area (Å²) in [5, 5.41) is 12.3. The SMILES string of the molecule is CC(=O)NC1CCC(O)[C@H](C)C1. The lowest BCUT2D eigenvalue weighted by Crippen LogP contribution is -2.40. The molecule has 3 atom stereocenters. The van der Waals surface area contributed by atoms with Gasteiger partial charge in [-0.25, -0.2) is 0 Å². The molecule has 0 aromatic carbocycles. The van der Waals surface area contributed by atoms with Crippen LogP contribution in [0.1, 0.15) is 33.1 Å². The van der Waals surface area contributed by atoms with Crippen molar-refractivity contribution in [3.63, 3.8) is 0 Å². The van der Waals surface area contributed by atoms with E-state index < -0.39 is 0 Å². The van der Waals surface area contributed by atoms with Gasteiger partial charge in [-0.3, -0.25) is 4.79 Å². The second-order valence-corrected chi connectivity index (χ2v) is 3.76. The summed E-state index contributed by atoms with van der Waals surface area (Å²) in [5.41, 5.74) is 0. The molecule has 1 aliphatic rings. The highest BCUT2D eigenvalue weighted by atomic mass is 16.3. The van der Waals surface area contributed by atoms with Crippen LogP contribution in [-0.4, -0.2) is 23.2 Å². The molecule has 2 N–H and O–H groups in total. The molecule has 3 heteroatoms. The van der Waals surface area contributed by atoms with Crippen LogP contribution in [0.25, 0.3) is 0 Å². The van der Waals surface area contributed by atoms with E-state index in [1.54, 1.807) is 0 Å². The van der Waals surface area contributed by atoms with Crippen molar-refractivity contribution >= 4 is 5.91 Å². The summed E-state index contributed by atoms with van der Waals surface area (Å²) in [4.78, 5) is 10.7. The molecule has 1 fully saturated rings. The third kappa shape index (κ3) is 2.48. The summed E-state index contributed by atoms with van der Waals surface area (Å²) in [7, 11) is 0. The molecule has 3 nitrogen and oxygen atoms in total. The molecule has 0 heterocycles. The second kappa shape index (κ2) is 3.90. The predicted molar refractivity (Wildman–Crippen MR) is 46.6 cm³/mol. The number of hydrogen-bond donors (Lipinski definition) is 2. The fourth-order valence-electron chi connectivity index (χ4n) is 1.80. The molecule has 0 aromatic rings. The van der Waals surface area contributed by atoms with Gasteiger partial charge in [0.1, 0.15) is 0 Å². The Kier molecular flexibility index (Phi) is 3.09. The molecule has 1 amide bonds. The first kappa shape index (κ1) is 9.52. The molecule has 0 bridgehead atoms. The lowest BCUT2D eigenvalue weighted by atomic mass is 9.84. The van der Waals surface area contributed by atoms with Crippen molar-refractivity contribution in [1.29, 1.82) is 0 Å². The van der Waals surface area contributed by atoms with Gasteiger partial charge in [-0.15, -0.1) is 0 Å². The van der Waals surface area contributed by atoms with Gasteiger partial charge in [0.15, 0.2) is 0 Å². The van der Waals surface area contributed by atoms with E-state index in [1.165, 1.54) is 6.92 Å². The minimum absolute atomic E-state index is 0.0311. The smallest absolute Gasteiger partial charge is 0.217 e. The highest BCUT2D eigenvalue weighted by molar-refractivity contribution is 5.73. The monoisotopic (exact) mass is 171 g/mol. The van der Waals surface area contributed by atoms with Crippen LogP contribution in [0.5, 0.6) is 0 Å². The maximum atomic E-state index is 10.7. The van der Waals surface area contributed by atoms with Gasteiger partial charge in [0.25, 0.3) is 0 Å². The summed E-state index contributed by atoms with van der Waals surface area (Å²) >= 11 is 0. The zero-order chi connectivity index (χ0) is 9.14. The van der Waals surface area contributed by atoms with Gasteiger partial charge in [0.2, 0.25) is 5.91 Å². The summed E-state index contributed by atoms with van der Waals surface area (Å²) in [6.45, 7) is 3.56. The minimum atomic E-state index is -0.171. The Morgan fingerprint density at radius 2 is 2.17 bits per heavy atom. The van der Waals surface area contributed by atoms with Gasteiger partial charge in [-0.2, -0.15) is 0 Å². The molecule has 0 spiro atoms. The topological polar surface area (TPSA) is 49.3 Å². The molecule has 1 saturated carbocycles. The average Bonchev–Trinajstić information content (AvgIpc) is 1.96. The summed E-state index contributed by atoms with van der Waals surface area (Å²) in [5.74, 6) is 0.346. The molecule has 0 aliphatic heterocycles. The van der Waals surface area contributed by atoms with Crippen LogP contribution < -0.4 is 5.32 Å². The van der Waals surface area contributed by atoms with Crippen molar-refractivity contribution in [2.75, 3.05) is 0 Å². The zero-order valence-corrected chi connectivity index (χ0v) is 7.71. The van der Waals surface area contributed by atoms with Gasteiger partial charge < -0.3 is 10.4 Å². The number of hydrogen-bond acceptors (Lipinski definition) is 2. The summed E-state index contributed by atoms with van der Waals surface area (Å²) < 4.78 is 0. The van der Waals surface area contributed by atoms with Crippen molar-refractivity contribution in [1.82, 2.24) is 5.32 Å². The Balaban J connectivity index is 2.35. The average molecular weight is 171 g/mol. The first-order valence-corrected chi connectivity index (χ1v) is 4.54. The Morgan fingerprint density at radius 3 is 2.67 bits per heavy atom. The van der Waals surface area contributed by atoms with Crippen LogP contribution in [0.2, 0.25) is 0 Å². The lowest BCUT2D eigenvalue weighted by molar-refractivity contribution is -0.120. The molecule has 0 saturated heterocycles. The number of carbonyl (C=O) groups excluding carboxylic acids is 1. The summed E-state index contributed by atoms with van der Waals surface area (Å²) in [6.07, 6.45) is 2.45. The molecule has 12 heavy (non-hydrogen) atoms. The van der Waals surface area contributed by atoms with E-state index in [0.717, 1.165) is 19.3 Å². The highest BCUT2D eigenvalue weighted by Crippen LogP contribution is 2.23. The van der Waals surface area contributed by atoms with Gasteiger partial charge >= 0.3 is 0 Å². The van der Waals surface area contributed by atoms with Crippen LogP contribution in [0.3, 0.4) is 0 Å². The third-order valence-corrected chi connectivity index (χ3v) is 2.53. The molecule has 1 aliphatic carbocycles. The van der Waals surface area contributed by atoms with E-state index >= 15 is 0 Å². The third-order valence-electron chi connectivity index (χ3n) is 2.53. The fourth-order valence-corrected chi connectivity index (χ4v) is 1.80. The molecular formula is C9H17NO2. The van der Waals surface area contributed by atoms with Crippen molar-refractivity contribution < 1.29 is 9.90 Å². The van der Waals surface area contributed by atoms with E-state index in [0.29, 0.717) is 5.92 Å². The maximum absolute atomic E-state index is 10.7. The van der Waals surface area contributed by atoms with Crippen LogP contribution in [0.4, 0.5) is 0 Å². The zero-order valence-electron chi connectivity index (χ0n) is 7.71. The summed E-state index contributed by atoms with van der Waals surface area (Å²) in [6, 6.07) is 0.279. The Bertz CT molecular complexity index is 170. The van der Waals surface area contributed by atoms with Crippen molar-refractivity contribution in [2.45, 2.75) is 45.3 Å². The Morgan fingerprint density at radius 1 is 1.50 bits per heavy atom. The maximum Gasteiger partial charge on any atom is 0.217 e. The minimum Gasteiger partial charge on any atom is -0.393 e. The molecular weight excluding hydrogens is 154 g/mol. The highest BCUT2D eigenvalue weighted by Gasteiger charge is 2.25. The Labute approximate surface area is 73.2 Å². The van der Waals surface area contributed by atoms with E-state index in [9.17, 15) is 9.90 Å². The number of amides is 1. The predicted octanol–water partition coefficient (Wildman–Crippen LogP) is 0.672. The number of aliphatic hydroxyl groups is 1. The van der Waals surface area contributed by atoms with Gasteiger partial charge in [-0.1, -0.05) is 6.92 Å². The van der Waals surface area contributed by atoms with Crippen molar-refractivity contribution in [3.05, 3.63) is 0 Å². The van der Waals surface area contributed by atoms with Crippen LogP contribution >= 0.6 is 0 Å². The van der Waals surface area contributed by atoms with Gasteiger partial charge in [0.05, 0.1) is 6.10 Å².